The number of ether oxygens (including phenoxy) is 1. The van der Waals surface area contributed by atoms with E-state index in [2.05, 4.69) is 17.6 Å². The van der Waals surface area contributed by atoms with Crippen molar-refractivity contribution in [3.8, 4) is 0 Å². The van der Waals surface area contributed by atoms with Crippen LogP contribution in [0.15, 0.2) is 48.5 Å². The molecule has 0 radical (unpaired) electrons. The molecule has 42 heavy (non-hydrogen) atoms. The number of unbranched alkanes of at least 4 members (excludes halogenated alkanes) is 5. The summed E-state index contributed by atoms with van der Waals surface area (Å²) in [6, 6.07) is 11.3. The molecule has 0 aliphatic rings. The third-order valence-electron chi connectivity index (χ3n) is 6.87. The van der Waals surface area contributed by atoms with E-state index >= 15 is 0 Å². The van der Waals surface area contributed by atoms with Gasteiger partial charge in [0.25, 0.3) is 5.91 Å². The first-order valence-corrected chi connectivity index (χ1v) is 14.9. The smallest absolute Gasteiger partial charge is 0.306 e. The predicted octanol–water partition coefficient (Wildman–Crippen LogP) is 4.08. The Morgan fingerprint density at radius 3 is 2.26 bits per heavy atom. The molecule has 8 nitrogen and oxygen atoms in total. The third-order valence-corrected chi connectivity index (χ3v) is 6.87. The summed E-state index contributed by atoms with van der Waals surface area (Å²) in [5, 5.41) is 5.55. The van der Waals surface area contributed by atoms with Gasteiger partial charge in [-0.1, -0.05) is 62.9 Å². The quantitative estimate of drug-likeness (QED) is 0.136. The van der Waals surface area contributed by atoms with Gasteiger partial charge in [0.15, 0.2) is 6.10 Å². The number of hydrogen-bond donors (Lipinski definition) is 4. The Balaban J connectivity index is 1.74. The fourth-order valence-corrected chi connectivity index (χ4v) is 4.56. The number of carbonyl (C=O) groups is 3. The van der Waals surface area contributed by atoms with Crippen LogP contribution in [0, 0.1) is 11.6 Å². The van der Waals surface area contributed by atoms with Crippen molar-refractivity contribution >= 4 is 17.8 Å². The van der Waals surface area contributed by atoms with Crippen molar-refractivity contribution in [3.63, 3.8) is 0 Å². The average Bonchev–Trinajstić information content (AvgIpc) is 2.95. The standard InChI is InChI=1S/C32H46F2N4O4/c1-2-3-4-5-9-14-30(40)42-31(28(36)19-23-12-7-6-8-13-23)32(41)38-18-11-10-17-37-29(39)22-26(35)21-24-20-25(33)15-16-27(24)34/h6-8,12-13,15-16,20,26,28,31H,2-5,9-11,14,17-19,21-22,35-36H2,1H3,(H,37,39)(H,38,41). The number of benzene rings is 2. The summed E-state index contributed by atoms with van der Waals surface area (Å²) in [5.74, 6) is -2.30. The van der Waals surface area contributed by atoms with E-state index in [9.17, 15) is 23.2 Å². The molecule has 2 amide bonds. The van der Waals surface area contributed by atoms with Gasteiger partial charge in [-0.3, -0.25) is 14.4 Å². The fourth-order valence-electron chi connectivity index (χ4n) is 4.56. The van der Waals surface area contributed by atoms with Gasteiger partial charge < -0.3 is 26.8 Å². The number of carbonyl (C=O) groups excluding carboxylic acids is 3. The van der Waals surface area contributed by atoms with Crippen molar-refractivity contribution in [1.82, 2.24) is 10.6 Å². The Bertz CT molecular complexity index is 1100. The second-order valence-electron chi connectivity index (χ2n) is 10.7. The molecule has 232 valence electrons. The number of nitrogens with one attached hydrogen (secondary N) is 2. The van der Waals surface area contributed by atoms with Crippen molar-refractivity contribution in [2.45, 2.75) is 95.7 Å². The minimum atomic E-state index is -1.11. The first-order valence-electron chi connectivity index (χ1n) is 14.9. The maximum atomic E-state index is 13.8. The Morgan fingerprint density at radius 1 is 0.857 bits per heavy atom. The summed E-state index contributed by atoms with van der Waals surface area (Å²) in [7, 11) is 0. The Kier molecular flexibility index (Phi) is 16.3. The zero-order valence-corrected chi connectivity index (χ0v) is 24.6. The van der Waals surface area contributed by atoms with Gasteiger partial charge in [-0.25, -0.2) is 8.78 Å². The highest BCUT2D eigenvalue weighted by atomic mass is 19.1. The van der Waals surface area contributed by atoms with Crippen LogP contribution in [0.1, 0.15) is 75.8 Å². The molecule has 6 N–H and O–H groups in total. The second-order valence-corrected chi connectivity index (χ2v) is 10.7. The lowest BCUT2D eigenvalue weighted by atomic mass is 10.0. The third kappa shape index (κ3) is 14.0. The highest BCUT2D eigenvalue weighted by Gasteiger charge is 2.29. The second kappa shape index (κ2) is 19.7. The summed E-state index contributed by atoms with van der Waals surface area (Å²) >= 11 is 0. The van der Waals surface area contributed by atoms with Gasteiger partial charge in [-0.2, -0.15) is 0 Å². The Morgan fingerprint density at radius 2 is 1.55 bits per heavy atom. The molecule has 0 aromatic heterocycles. The van der Waals surface area contributed by atoms with Gasteiger partial charge in [0.1, 0.15) is 11.6 Å². The molecule has 3 atom stereocenters. The van der Waals surface area contributed by atoms with Crippen LogP contribution in [0.3, 0.4) is 0 Å². The first kappa shape index (κ1) is 34.8. The molecule has 10 heteroatoms. The average molecular weight is 589 g/mol. The molecule has 0 spiro atoms. The minimum Gasteiger partial charge on any atom is -0.451 e. The van der Waals surface area contributed by atoms with Crippen LogP contribution in [0.5, 0.6) is 0 Å². The maximum Gasteiger partial charge on any atom is 0.306 e. The molecular formula is C32H46F2N4O4. The molecule has 2 aromatic rings. The van der Waals surface area contributed by atoms with E-state index < -0.39 is 41.7 Å². The van der Waals surface area contributed by atoms with E-state index in [1.54, 1.807) is 0 Å². The molecule has 0 saturated carbocycles. The van der Waals surface area contributed by atoms with Gasteiger partial charge in [-0.05, 0) is 61.4 Å². The van der Waals surface area contributed by atoms with Crippen molar-refractivity contribution in [3.05, 3.63) is 71.3 Å². The molecule has 2 aromatic carbocycles. The zero-order chi connectivity index (χ0) is 30.7. The molecular weight excluding hydrogens is 542 g/mol. The van der Waals surface area contributed by atoms with Crippen molar-refractivity contribution in [2.24, 2.45) is 11.5 Å². The summed E-state index contributed by atoms with van der Waals surface area (Å²) < 4.78 is 32.7. The van der Waals surface area contributed by atoms with Crippen LogP contribution in [0.25, 0.3) is 0 Å². The summed E-state index contributed by atoms with van der Waals surface area (Å²) in [5.41, 5.74) is 13.4. The maximum absolute atomic E-state index is 13.8. The van der Waals surface area contributed by atoms with Gasteiger partial charge in [0, 0.05) is 32.0 Å². The van der Waals surface area contributed by atoms with E-state index in [4.69, 9.17) is 16.2 Å². The molecule has 0 aliphatic heterocycles. The van der Waals surface area contributed by atoms with Gasteiger partial charge in [-0.15, -0.1) is 0 Å². The largest absolute Gasteiger partial charge is 0.451 e. The SMILES string of the molecule is CCCCCCCC(=O)OC(C(=O)NCCCCNC(=O)CC(N)Cc1cc(F)ccc1F)C(N)Cc1ccccc1. The minimum absolute atomic E-state index is 0.0301. The normalized spacial score (nSPS) is 13.2. The Hall–Kier alpha value is -3.37. The highest BCUT2D eigenvalue weighted by Crippen LogP contribution is 2.13. The molecule has 0 fully saturated rings. The molecule has 2 rings (SSSR count). The van der Waals surface area contributed by atoms with E-state index in [1.165, 1.54) is 0 Å². The van der Waals surface area contributed by atoms with Gasteiger partial charge in [0.2, 0.25) is 5.91 Å². The molecule has 3 unspecified atom stereocenters. The van der Waals surface area contributed by atoms with Crippen LogP contribution in [-0.2, 0) is 32.0 Å². The molecule has 0 saturated heterocycles. The fraction of sp³-hybridized carbons (Fsp3) is 0.531. The van der Waals surface area contributed by atoms with E-state index in [0.717, 1.165) is 49.4 Å². The zero-order valence-electron chi connectivity index (χ0n) is 24.6. The van der Waals surface area contributed by atoms with Crippen LogP contribution in [-0.4, -0.2) is 49.1 Å². The lowest BCUT2D eigenvalue weighted by Gasteiger charge is -2.23. The summed E-state index contributed by atoms with van der Waals surface area (Å²) in [6.45, 7) is 2.80. The molecule has 0 bridgehead atoms. The van der Waals surface area contributed by atoms with Crippen molar-refractivity contribution in [1.29, 1.82) is 0 Å². The topological polar surface area (TPSA) is 137 Å². The van der Waals surface area contributed by atoms with E-state index in [1.807, 2.05) is 30.3 Å². The van der Waals surface area contributed by atoms with Gasteiger partial charge in [0.05, 0.1) is 6.04 Å². The van der Waals surface area contributed by atoms with E-state index in [-0.39, 0.29) is 30.7 Å². The lowest BCUT2D eigenvalue weighted by molar-refractivity contribution is -0.157. The number of halogens is 2. The number of rotatable bonds is 20. The lowest BCUT2D eigenvalue weighted by Crippen LogP contribution is -2.50. The predicted molar refractivity (Wildman–Crippen MR) is 159 cm³/mol. The van der Waals surface area contributed by atoms with Crippen LogP contribution in [0.2, 0.25) is 0 Å². The number of amides is 2. The number of esters is 1. The highest BCUT2D eigenvalue weighted by molar-refractivity contribution is 5.84. The summed E-state index contributed by atoms with van der Waals surface area (Å²) in [6.07, 6.45) is 5.60. The first-order chi connectivity index (χ1) is 20.2. The van der Waals surface area contributed by atoms with Crippen LogP contribution < -0.4 is 22.1 Å². The van der Waals surface area contributed by atoms with Crippen molar-refractivity contribution in [2.75, 3.05) is 13.1 Å². The Labute approximate surface area is 247 Å². The molecule has 0 heterocycles. The van der Waals surface area contributed by atoms with Crippen LogP contribution >= 0.6 is 0 Å². The number of nitrogens with two attached hydrogens (primary N) is 2. The van der Waals surface area contributed by atoms with Crippen LogP contribution in [0.4, 0.5) is 8.78 Å². The van der Waals surface area contributed by atoms with Crippen molar-refractivity contribution < 1.29 is 27.9 Å². The molecule has 0 aliphatic carbocycles. The van der Waals surface area contributed by atoms with Gasteiger partial charge >= 0.3 is 5.97 Å². The number of hydrogen-bond acceptors (Lipinski definition) is 6. The summed E-state index contributed by atoms with van der Waals surface area (Å²) in [4.78, 5) is 37.7. The van der Waals surface area contributed by atoms with E-state index in [0.29, 0.717) is 38.8 Å². The monoisotopic (exact) mass is 588 g/mol.